The van der Waals surface area contributed by atoms with E-state index in [0.29, 0.717) is 5.88 Å². The average Bonchev–Trinajstić information content (AvgIpc) is 2.37. The highest BCUT2D eigenvalue weighted by molar-refractivity contribution is 9.10. The Balaban J connectivity index is 2.81. The number of nitrogens with one attached hydrogen (secondary N) is 1. The monoisotopic (exact) mass is 362 g/mol. The molecule has 0 aliphatic heterocycles. The highest BCUT2D eigenvalue weighted by atomic mass is 79.9. The summed E-state index contributed by atoms with van der Waals surface area (Å²) in [5.74, 6) is 0.620. The Labute approximate surface area is 133 Å². The predicted octanol–water partition coefficient (Wildman–Crippen LogP) is 3.23. The molecule has 4 nitrogen and oxygen atoms in total. The number of pyridine rings is 1. The number of hydrogen-bond donors (Lipinski definition) is 1. The molecule has 2 atom stereocenters. The van der Waals surface area contributed by atoms with Gasteiger partial charge >= 0.3 is 0 Å². The lowest BCUT2D eigenvalue weighted by Gasteiger charge is -2.27. The average molecular weight is 363 g/mol. The van der Waals surface area contributed by atoms with Gasteiger partial charge in [-0.15, -0.1) is 4.72 Å². The van der Waals surface area contributed by atoms with Crippen molar-refractivity contribution in [3.8, 4) is 5.88 Å². The van der Waals surface area contributed by atoms with E-state index in [-0.39, 0.29) is 10.8 Å². The normalized spacial score (nSPS) is 14.9. The Morgan fingerprint density at radius 1 is 1.50 bits per heavy atom. The van der Waals surface area contributed by atoms with Gasteiger partial charge in [0.2, 0.25) is 5.88 Å². The maximum atomic E-state index is 12.2. The van der Waals surface area contributed by atoms with Gasteiger partial charge in [0.25, 0.3) is 0 Å². The zero-order valence-corrected chi connectivity index (χ0v) is 15.1. The maximum absolute atomic E-state index is 12.2. The first-order valence-electron chi connectivity index (χ1n) is 6.64. The lowest BCUT2D eigenvalue weighted by Crippen LogP contribution is -2.45. The summed E-state index contributed by atoms with van der Waals surface area (Å²) in [5, 5.41) is 0. The van der Waals surface area contributed by atoms with Gasteiger partial charge in [0, 0.05) is 27.6 Å². The van der Waals surface area contributed by atoms with Gasteiger partial charge in [-0.3, -0.25) is 0 Å². The summed E-state index contributed by atoms with van der Waals surface area (Å²) in [6, 6.07) is 2.12. The molecule has 0 saturated carbocycles. The maximum Gasteiger partial charge on any atom is 0.216 e. The number of hydrogen-bond acceptors (Lipinski definition) is 4. The number of methoxy groups -OCH3 is 1. The molecule has 1 rings (SSSR count). The van der Waals surface area contributed by atoms with Gasteiger partial charge in [-0.25, -0.2) is 4.98 Å². The summed E-state index contributed by atoms with van der Waals surface area (Å²) < 4.78 is 21.3. The largest absolute Gasteiger partial charge is 0.598 e. The van der Waals surface area contributed by atoms with Gasteiger partial charge in [0.05, 0.1) is 13.2 Å². The van der Waals surface area contributed by atoms with Crippen LogP contribution in [0.4, 0.5) is 0 Å². The van der Waals surface area contributed by atoms with Crippen LogP contribution in [0.3, 0.4) is 0 Å². The molecule has 1 N–H and O–H groups in total. The van der Waals surface area contributed by atoms with E-state index in [1.54, 1.807) is 13.3 Å². The first-order valence-corrected chi connectivity index (χ1v) is 8.58. The fraction of sp³-hybridized carbons (Fsp3) is 0.643. The zero-order chi connectivity index (χ0) is 15.3. The number of halogens is 1. The Kier molecular flexibility index (Phi) is 6.78. The van der Waals surface area contributed by atoms with Gasteiger partial charge in [-0.2, -0.15) is 0 Å². The summed E-state index contributed by atoms with van der Waals surface area (Å²) in [7, 11) is 1.61. The summed E-state index contributed by atoms with van der Waals surface area (Å²) in [5.41, 5.74) is 1.01. The molecule has 0 saturated heterocycles. The molecule has 0 aliphatic carbocycles. The van der Waals surface area contributed by atoms with Gasteiger partial charge in [-0.1, -0.05) is 6.92 Å². The van der Waals surface area contributed by atoms with E-state index < -0.39 is 11.4 Å². The minimum atomic E-state index is -1.08. The molecule has 1 heterocycles. The third kappa shape index (κ3) is 5.24. The Morgan fingerprint density at radius 2 is 2.15 bits per heavy atom. The van der Waals surface area contributed by atoms with Crippen molar-refractivity contribution in [1.82, 2.24) is 9.71 Å². The molecule has 6 heteroatoms. The molecule has 1 aromatic rings. The van der Waals surface area contributed by atoms with Crippen molar-refractivity contribution in [3.63, 3.8) is 0 Å². The lowest BCUT2D eigenvalue weighted by atomic mass is 10.1. The van der Waals surface area contributed by atoms with Crippen LogP contribution < -0.4 is 9.46 Å². The fourth-order valence-electron chi connectivity index (χ4n) is 1.66. The van der Waals surface area contributed by atoms with Crippen molar-refractivity contribution < 1.29 is 9.29 Å². The third-order valence-electron chi connectivity index (χ3n) is 2.87. The van der Waals surface area contributed by atoms with Gasteiger partial charge in [0.15, 0.2) is 0 Å². The van der Waals surface area contributed by atoms with E-state index in [1.807, 2.05) is 26.8 Å². The van der Waals surface area contributed by atoms with E-state index >= 15 is 0 Å². The van der Waals surface area contributed by atoms with Crippen molar-refractivity contribution in [2.24, 2.45) is 0 Å². The SMILES string of the molecule is CCC(Cc1cc(Br)cnc1OC)N[S+]([O-])C(C)(C)C. The van der Waals surface area contributed by atoms with E-state index in [2.05, 4.69) is 32.6 Å². The topological polar surface area (TPSA) is 57.2 Å². The van der Waals surface area contributed by atoms with E-state index in [4.69, 9.17) is 4.74 Å². The number of ether oxygens (including phenoxy) is 1. The van der Waals surface area contributed by atoms with Crippen molar-refractivity contribution in [1.29, 1.82) is 0 Å². The molecule has 0 spiro atoms. The van der Waals surface area contributed by atoms with Crippen LogP contribution in [0.5, 0.6) is 5.88 Å². The molecule has 0 aromatic carbocycles. The van der Waals surface area contributed by atoms with E-state index in [9.17, 15) is 4.55 Å². The highest BCUT2D eigenvalue weighted by Crippen LogP contribution is 2.23. The second kappa shape index (κ2) is 7.64. The molecule has 0 bridgehead atoms. The summed E-state index contributed by atoms with van der Waals surface area (Å²) in [6.45, 7) is 7.97. The molecule has 0 amide bonds. The van der Waals surface area contributed by atoms with E-state index in [1.165, 1.54) is 0 Å². The number of nitrogens with zero attached hydrogens (tertiary/aromatic N) is 1. The fourth-order valence-corrected chi connectivity index (χ4v) is 2.95. The van der Waals surface area contributed by atoms with Gasteiger partial charge in [-0.05, 0) is 55.6 Å². The van der Waals surface area contributed by atoms with Crippen LogP contribution in [-0.2, 0) is 17.8 Å². The Hall–Kier alpha value is -0.300. The lowest BCUT2D eigenvalue weighted by molar-refractivity contribution is 0.389. The second-order valence-electron chi connectivity index (χ2n) is 5.63. The van der Waals surface area contributed by atoms with Crippen molar-refractivity contribution in [3.05, 3.63) is 22.3 Å². The summed E-state index contributed by atoms with van der Waals surface area (Å²) in [6.07, 6.45) is 3.33. The molecule has 2 unspecified atom stereocenters. The molecule has 0 radical (unpaired) electrons. The van der Waals surface area contributed by atoms with Gasteiger partial charge < -0.3 is 9.29 Å². The summed E-state index contributed by atoms with van der Waals surface area (Å²) >= 11 is 2.34. The minimum Gasteiger partial charge on any atom is -0.598 e. The molecular formula is C14H23BrN2O2S. The van der Waals surface area contributed by atoms with Crippen molar-refractivity contribution in [2.45, 2.75) is 51.3 Å². The predicted molar refractivity (Wildman–Crippen MR) is 87.3 cm³/mol. The molecule has 20 heavy (non-hydrogen) atoms. The Morgan fingerprint density at radius 3 is 2.65 bits per heavy atom. The van der Waals surface area contributed by atoms with Crippen LogP contribution in [-0.4, -0.2) is 27.4 Å². The minimum absolute atomic E-state index is 0.125. The second-order valence-corrected chi connectivity index (χ2v) is 8.54. The van der Waals surface area contributed by atoms with E-state index in [0.717, 1.165) is 22.9 Å². The molecule has 0 fully saturated rings. The number of rotatable bonds is 6. The zero-order valence-electron chi connectivity index (χ0n) is 12.7. The first kappa shape index (κ1) is 17.8. The molecular weight excluding hydrogens is 340 g/mol. The van der Waals surface area contributed by atoms with Crippen LogP contribution in [0.25, 0.3) is 0 Å². The molecule has 0 aliphatic rings. The van der Waals surface area contributed by atoms with Crippen LogP contribution >= 0.6 is 15.9 Å². The third-order valence-corrected chi connectivity index (χ3v) is 4.97. The Bertz CT molecular complexity index is 438. The van der Waals surface area contributed by atoms with Gasteiger partial charge in [0.1, 0.15) is 4.75 Å². The first-order chi connectivity index (χ1) is 9.27. The van der Waals surface area contributed by atoms with Crippen LogP contribution in [0.15, 0.2) is 16.7 Å². The van der Waals surface area contributed by atoms with Crippen LogP contribution in [0.1, 0.15) is 39.7 Å². The number of aromatic nitrogens is 1. The quantitative estimate of drug-likeness (QED) is 0.789. The van der Waals surface area contributed by atoms with Crippen molar-refractivity contribution in [2.75, 3.05) is 7.11 Å². The standard InChI is InChI=1S/C14H23BrN2O2S/c1-6-12(17-20(18)14(2,3)4)8-10-7-11(15)9-16-13(10)19-5/h7,9,12,17H,6,8H2,1-5H3. The highest BCUT2D eigenvalue weighted by Gasteiger charge is 2.29. The molecule has 114 valence electrons. The van der Waals surface area contributed by atoms with Crippen molar-refractivity contribution >= 4 is 27.3 Å². The summed E-state index contributed by atoms with van der Waals surface area (Å²) in [4.78, 5) is 4.24. The van der Waals surface area contributed by atoms with Crippen LogP contribution in [0, 0.1) is 0 Å². The molecule has 1 aromatic heterocycles. The smallest absolute Gasteiger partial charge is 0.216 e. The van der Waals surface area contributed by atoms with Crippen LogP contribution in [0.2, 0.25) is 0 Å².